The van der Waals surface area contributed by atoms with Gasteiger partial charge in [0, 0.05) is 0 Å². The molecular weight excluding hydrogens is 304 g/mol. The highest BCUT2D eigenvalue weighted by Gasteiger charge is 2.41. The van der Waals surface area contributed by atoms with Gasteiger partial charge in [-0.3, -0.25) is 4.79 Å². The zero-order chi connectivity index (χ0) is 17.8. The summed E-state index contributed by atoms with van der Waals surface area (Å²) in [5.74, 6) is -0.439. The van der Waals surface area contributed by atoms with Crippen molar-refractivity contribution in [1.82, 2.24) is 0 Å². The van der Waals surface area contributed by atoms with Crippen LogP contribution in [-0.2, 0) is 9.22 Å². The van der Waals surface area contributed by atoms with Gasteiger partial charge in [0.05, 0.1) is 12.0 Å². The molecule has 0 saturated carbocycles. The van der Waals surface area contributed by atoms with E-state index in [9.17, 15) is 9.90 Å². The predicted molar refractivity (Wildman–Crippen MR) is 97.9 cm³/mol. The zero-order valence-electron chi connectivity index (χ0n) is 15.6. The minimum Gasteiger partial charge on any atom is -0.407 e. The van der Waals surface area contributed by atoms with Gasteiger partial charge >= 0.3 is 0 Å². The Bertz CT molecular complexity index is 505. The molecule has 0 unspecified atom stereocenters. The molecule has 0 aromatic heterocycles. The lowest BCUT2D eigenvalue weighted by atomic mass is 9.88. The fraction of sp³-hybridized carbons (Fsp3) is 0.632. The number of carbonyl (C=O) groups is 1. The number of aliphatic hydroxyl groups excluding tert-OH is 1. The lowest BCUT2D eigenvalue weighted by molar-refractivity contribution is -0.133. The SMILES string of the molecule is CC[C@@H](C(=O)[C@H](C)O[Si](C)(C)C(C)(C)C)[C@@H](O)c1ccccc1. The number of Topliss-reactive ketones (excluding diaryl/α,β-unsaturated/α-hetero) is 1. The highest BCUT2D eigenvalue weighted by atomic mass is 28.4. The molecule has 0 aliphatic heterocycles. The molecule has 0 radical (unpaired) electrons. The monoisotopic (exact) mass is 336 g/mol. The van der Waals surface area contributed by atoms with Crippen molar-refractivity contribution in [2.45, 2.75) is 71.4 Å². The minimum atomic E-state index is -2.01. The summed E-state index contributed by atoms with van der Waals surface area (Å²) in [5, 5.41) is 10.6. The van der Waals surface area contributed by atoms with Crippen molar-refractivity contribution in [1.29, 1.82) is 0 Å². The summed E-state index contributed by atoms with van der Waals surface area (Å²) >= 11 is 0. The second-order valence-electron chi connectivity index (χ2n) is 7.79. The van der Waals surface area contributed by atoms with Crippen molar-refractivity contribution >= 4 is 14.1 Å². The lowest BCUT2D eigenvalue weighted by Gasteiger charge is -2.38. The summed E-state index contributed by atoms with van der Waals surface area (Å²) in [5.41, 5.74) is 0.784. The molecule has 4 heteroatoms. The van der Waals surface area contributed by atoms with Crippen LogP contribution in [0.25, 0.3) is 0 Å². The van der Waals surface area contributed by atoms with Gasteiger partial charge < -0.3 is 9.53 Å². The standard InChI is InChI=1S/C19H32O3Si/c1-8-16(18(21)15-12-10-9-11-13-15)17(20)14(2)22-23(6,7)19(3,4)5/h9-14,16,18,21H,8H2,1-7H3/t14-,16-,18-/m0/s1. The highest BCUT2D eigenvalue weighted by Crippen LogP contribution is 2.38. The Hall–Kier alpha value is -0.973. The van der Waals surface area contributed by atoms with Crippen molar-refractivity contribution in [3.05, 3.63) is 35.9 Å². The van der Waals surface area contributed by atoms with Crippen LogP contribution in [-0.4, -0.2) is 25.3 Å². The van der Waals surface area contributed by atoms with Crippen LogP contribution < -0.4 is 0 Å². The average Bonchev–Trinajstić information content (AvgIpc) is 2.47. The highest BCUT2D eigenvalue weighted by molar-refractivity contribution is 6.74. The zero-order valence-corrected chi connectivity index (χ0v) is 16.6. The van der Waals surface area contributed by atoms with Crippen LogP contribution in [0.4, 0.5) is 0 Å². The van der Waals surface area contributed by atoms with Gasteiger partial charge in [-0.15, -0.1) is 0 Å². The van der Waals surface area contributed by atoms with E-state index in [0.29, 0.717) is 6.42 Å². The van der Waals surface area contributed by atoms with Gasteiger partial charge in [0.2, 0.25) is 0 Å². The van der Waals surface area contributed by atoms with Crippen LogP contribution >= 0.6 is 0 Å². The molecule has 0 fully saturated rings. The second-order valence-corrected chi connectivity index (χ2v) is 12.5. The molecule has 0 saturated heterocycles. The molecule has 1 N–H and O–H groups in total. The van der Waals surface area contributed by atoms with Crippen molar-refractivity contribution in [3.8, 4) is 0 Å². The molecule has 3 nitrogen and oxygen atoms in total. The molecule has 0 amide bonds. The first-order valence-corrected chi connectivity index (χ1v) is 11.4. The maximum Gasteiger partial charge on any atom is 0.193 e. The van der Waals surface area contributed by atoms with Gasteiger partial charge in [-0.05, 0) is 37.0 Å². The summed E-state index contributed by atoms with van der Waals surface area (Å²) in [6, 6.07) is 9.39. The minimum absolute atomic E-state index is 0.00585. The predicted octanol–water partition coefficient (Wildman–Crippen LogP) is 4.73. The van der Waals surface area contributed by atoms with Crippen molar-refractivity contribution < 1.29 is 14.3 Å². The molecular formula is C19H32O3Si. The third-order valence-electron chi connectivity index (χ3n) is 5.01. The number of hydrogen-bond acceptors (Lipinski definition) is 3. The molecule has 3 atom stereocenters. The fourth-order valence-corrected chi connectivity index (χ4v) is 3.79. The van der Waals surface area contributed by atoms with Gasteiger partial charge in [-0.1, -0.05) is 58.0 Å². The molecule has 0 aliphatic rings. The Morgan fingerprint density at radius 1 is 1.22 bits per heavy atom. The van der Waals surface area contributed by atoms with Crippen LogP contribution in [0.5, 0.6) is 0 Å². The molecule has 23 heavy (non-hydrogen) atoms. The van der Waals surface area contributed by atoms with E-state index in [1.165, 1.54) is 0 Å². The Labute approximate surface area is 142 Å². The molecule has 1 aromatic carbocycles. The van der Waals surface area contributed by atoms with E-state index in [1.54, 1.807) is 0 Å². The Morgan fingerprint density at radius 3 is 2.17 bits per heavy atom. The number of rotatable bonds is 7. The third kappa shape index (κ3) is 5.00. The molecule has 130 valence electrons. The van der Waals surface area contributed by atoms with Crippen LogP contribution in [0, 0.1) is 5.92 Å². The fourth-order valence-electron chi connectivity index (χ4n) is 2.44. The quantitative estimate of drug-likeness (QED) is 0.732. The molecule has 0 spiro atoms. The number of carbonyl (C=O) groups excluding carboxylic acids is 1. The van der Waals surface area contributed by atoms with Gasteiger partial charge in [0.25, 0.3) is 0 Å². The van der Waals surface area contributed by atoms with Crippen molar-refractivity contribution in [3.63, 3.8) is 0 Å². The maximum absolute atomic E-state index is 12.8. The van der Waals surface area contributed by atoms with Gasteiger partial charge in [-0.2, -0.15) is 0 Å². The van der Waals surface area contributed by atoms with Crippen molar-refractivity contribution in [2.75, 3.05) is 0 Å². The first-order chi connectivity index (χ1) is 10.5. The Kier molecular flexibility index (Phi) is 6.75. The van der Waals surface area contributed by atoms with E-state index in [0.717, 1.165) is 5.56 Å². The average molecular weight is 337 g/mol. The Morgan fingerprint density at radius 2 is 1.74 bits per heavy atom. The third-order valence-corrected chi connectivity index (χ3v) is 9.56. The van der Waals surface area contributed by atoms with Gasteiger partial charge in [0.1, 0.15) is 6.10 Å². The first kappa shape index (κ1) is 20.1. The van der Waals surface area contributed by atoms with E-state index in [2.05, 4.69) is 33.9 Å². The van der Waals surface area contributed by atoms with Crippen LogP contribution in [0.2, 0.25) is 18.1 Å². The molecule has 0 aliphatic carbocycles. The summed E-state index contributed by atoms with van der Waals surface area (Å²) in [6.07, 6.45) is -0.668. The number of hydrogen-bond donors (Lipinski definition) is 1. The molecule has 0 bridgehead atoms. The number of benzene rings is 1. The molecule has 1 aromatic rings. The number of aliphatic hydroxyl groups is 1. The smallest absolute Gasteiger partial charge is 0.193 e. The summed E-state index contributed by atoms with van der Waals surface area (Å²) in [6.45, 7) is 14.5. The van der Waals surface area contributed by atoms with Gasteiger partial charge in [-0.25, -0.2) is 0 Å². The second kappa shape index (κ2) is 7.73. The topological polar surface area (TPSA) is 46.5 Å². The largest absolute Gasteiger partial charge is 0.407 e. The van der Waals surface area contributed by atoms with Crippen LogP contribution in [0.15, 0.2) is 30.3 Å². The first-order valence-electron chi connectivity index (χ1n) is 8.45. The summed E-state index contributed by atoms with van der Waals surface area (Å²) in [4.78, 5) is 12.8. The summed E-state index contributed by atoms with van der Waals surface area (Å²) in [7, 11) is -2.01. The lowest BCUT2D eigenvalue weighted by Crippen LogP contribution is -2.46. The van der Waals surface area contributed by atoms with E-state index in [-0.39, 0.29) is 10.8 Å². The summed E-state index contributed by atoms with van der Waals surface area (Å²) < 4.78 is 6.21. The van der Waals surface area contributed by atoms with Crippen LogP contribution in [0.3, 0.4) is 0 Å². The van der Waals surface area contributed by atoms with E-state index in [4.69, 9.17) is 4.43 Å². The van der Waals surface area contributed by atoms with E-state index < -0.39 is 26.4 Å². The molecule has 0 heterocycles. The van der Waals surface area contributed by atoms with Crippen molar-refractivity contribution in [2.24, 2.45) is 5.92 Å². The molecule has 1 rings (SSSR count). The number of ketones is 1. The van der Waals surface area contributed by atoms with Crippen LogP contribution in [0.1, 0.15) is 52.7 Å². The normalized spacial score (nSPS) is 16.7. The van der Waals surface area contributed by atoms with E-state index in [1.807, 2.05) is 44.2 Å². The maximum atomic E-state index is 12.8. The van der Waals surface area contributed by atoms with Gasteiger partial charge in [0.15, 0.2) is 14.1 Å². The Balaban J connectivity index is 2.88. The van der Waals surface area contributed by atoms with E-state index >= 15 is 0 Å².